The molecule has 1 unspecified atom stereocenters. The Hall–Kier alpha value is -1.84. The molecule has 0 aliphatic heterocycles. The lowest BCUT2D eigenvalue weighted by Crippen LogP contribution is -2.33. The average molecular weight is 331 g/mol. The van der Waals surface area contributed by atoms with Crippen molar-refractivity contribution in [1.29, 1.82) is 0 Å². The number of hydrogen-bond acceptors (Lipinski definition) is 2. The second-order valence-corrected chi connectivity index (χ2v) is 6.50. The normalized spacial score (nSPS) is 12.2. The third-order valence-corrected chi connectivity index (χ3v) is 3.97. The number of amides is 1. The lowest BCUT2D eigenvalue weighted by Gasteiger charge is -2.23. The van der Waals surface area contributed by atoms with Crippen molar-refractivity contribution in [3.05, 3.63) is 64.7 Å². The quantitative estimate of drug-likeness (QED) is 0.814. The molecule has 0 heterocycles. The van der Waals surface area contributed by atoms with Gasteiger partial charge in [-0.2, -0.15) is 0 Å². The highest BCUT2D eigenvalue weighted by molar-refractivity contribution is 6.30. The van der Waals surface area contributed by atoms with E-state index in [4.69, 9.17) is 11.6 Å². The van der Waals surface area contributed by atoms with E-state index in [1.165, 1.54) is 5.56 Å². The lowest BCUT2D eigenvalue weighted by molar-refractivity contribution is -0.115. The Balaban J connectivity index is 1.94. The van der Waals surface area contributed by atoms with Crippen LogP contribution in [0.4, 0.5) is 5.69 Å². The summed E-state index contributed by atoms with van der Waals surface area (Å²) in [5, 5.41) is 6.95. The van der Waals surface area contributed by atoms with Crippen LogP contribution in [0.5, 0.6) is 0 Å². The Labute approximate surface area is 143 Å². The largest absolute Gasteiger partial charge is 0.325 e. The first kappa shape index (κ1) is 17.5. The number of hydrogen-bond donors (Lipinski definition) is 2. The molecule has 0 bridgehead atoms. The zero-order valence-electron chi connectivity index (χ0n) is 13.8. The van der Waals surface area contributed by atoms with Gasteiger partial charge in [0.1, 0.15) is 0 Å². The molecular weight excluding hydrogens is 308 g/mol. The molecule has 0 saturated carbocycles. The van der Waals surface area contributed by atoms with Crippen molar-refractivity contribution in [2.45, 2.75) is 26.8 Å². The Kier molecular flexibility index (Phi) is 6.20. The third-order valence-electron chi connectivity index (χ3n) is 3.71. The highest BCUT2D eigenvalue weighted by atomic mass is 35.5. The van der Waals surface area contributed by atoms with E-state index < -0.39 is 0 Å². The van der Waals surface area contributed by atoms with E-state index in [1.54, 1.807) is 0 Å². The summed E-state index contributed by atoms with van der Waals surface area (Å²) in [7, 11) is 0. The molecule has 23 heavy (non-hydrogen) atoms. The molecule has 0 aliphatic rings. The number of aryl methyl sites for hydroxylation is 1. The van der Waals surface area contributed by atoms with Gasteiger partial charge < -0.3 is 10.6 Å². The van der Waals surface area contributed by atoms with Crippen LogP contribution in [0.2, 0.25) is 5.02 Å². The van der Waals surface area contributed by atoms with Crippen molar-refractivity contribution < 1.29 is 4.79 Å². The SMILES string of the molecule is Cc1ccc(NC(=O)CNC(c2ccc(Cl)cc2)C(C)C)cc1. The van der Waals surface area contributed by atoms with Crippen molar-refractivity contribution in [3.8, 4) is 0 Å². The summed E-state index contributed by atoms with van der Waals surface area (Å²) in [5.41, 5.74) is 3.12. The van der Waals surface area contributed by atoms with Crippen molar-refractivity contribution in [2.75, 3.05) is 11.9 Å². The fourth-order valence-corrected chi connectivity index (χ4v) is 2.58. The van der Waals surface area contributed by atoms with Crippen molar-refractivity contribution >= 4 is 23.2 Å². The standard InChI is InChI=1S/C19H23ClN2O/c1-13(2)19(15-6-8-16(20)9-7-15)21-12-18(23)22-17-10-4-14(3)5-11-17/h4-11,13,19,21H,12H2,1-3H3,(H,22,23). The Morgan fingerprint density at radius 2 is 1.65 bits per heavy atom. The van der Waals surface area contributed by atoms with Crippen LogP contribution in [0.1, 0.15) is 31.0 Å². The van der Waals surface area contributed by atoms with Gasteiger partial charge in [0, 0.05) is 16.8 Å². The van der Waals surface area contributed by atoms with Crippen LogP contribution in [0.25, 0.3) is 0 Å². The molecule has 0 radical (unpaired) electrons. The van der Waals surface area contributed by atoms with Gasteiger partial charge in [0.25, 0.3) is 0 Å². The Morgan fingerprint density at radius 3 is 2.22 bits per heavy atom. The van der Waals surface area contributed by atoms with E-state index >= 15 is 0 Å². The van der Waals surface area contributed by atoms with Gasteiger partial charge in [-0.05, 0) is 42.7 Å². The van der Waals surface area contributed by atoms with Gasteiger partial charge in [-0.3, -0.25) is 4.79 Å². The van der Waals surface area contributed by atoms with Gasteiger partial charge in [-0.25, -0.2) is 0 Å². The minimum Gasteiger partial charge on any atom is -0.325 e. The maximum atomic E-state index is 12.1. The minimum absolute atomic E-state index is 0.0477. The predicted octanol–water partition coefficient (Wildman–Crippen LogP) is 4.57. The van der Waals surface area contributed by atoms with E-state index in [0.29, 0.717) is 10.9 Å². The van der Waals surface area contributed by atoms with Crippen molar-refractivity contribution in [1.82, 2.24) is 5.32 Å². The summed E-state index contributed by atoms with van der Waals surface area (Å²) in [6, 6.07) is 15.6. The van der Waals surface area contributed by atoms with Gasteiger partial charge >= 0.3 is 0 Å². The molecule has 2 rings (SSSR count). The fourth-order valence-electron chi connectivity index (χ4n) is 2.45. The monoisotopic (exact) mass is 330 g/mol. The van der Waals surface area contributed by atoms with Crippen LogP contribution < -0.4 is 10.6 Å². The second kappa shape index (κ2) is 8.14. The van der Waals surface area contributed by atoms with Crippen molar-refractivity contribution in [3.63, 3.8) is 0 Å². The Morgan fingerprint density at radius 1 is 1.04 bits per heavy atom. The predicted molar refractivity (Wildman–Crippen MR) is 96.8 cm³/mol. The van der Waals surface area contributed by atoms with Gasteiger partial charge in [0.05, 0.1) is 6.54 Å². The molecule has 0 aromatic heterocycles. The number of rotatable bonds is 6. The van der Waals surface area contributed by atoms with Gasteiger partial charge in [-0.1, -0.05) is 55.3 Å². The summed E-state index contributed by atoms with van der Waals surface area (Å²) < 4.78 is 0. The maximum absolute atomic E-state index is 12.1. The average Bonchev–Trinajstić information content (AvgIpc) is 2.51. The van der Waals surface area contributed by atoms with E-state index in [0.717, 1.165) is 11.3 Å². The number of nitrogens with one attached hydrogen (secondary N) is 2. The van der Waals surface area contributed by atoms with E-state index in [-0.39, 0.29) is 18.5 Å². The van der Waals surface area contributed by atoms with Crippen LogP contribution >= 0.6 is 11.6 Å². The molecule has 1 amide bonds. The van der Waals surface area contributed by atoms with E-state index in [2.05, 4.69) is 24.5 Å². The molecule has 0 saturated heterocycles. The summed E-state index contributed by atoms with van der Waals surface area (Å²) in [6.07, 6.45) is 0. The number of halogens is 1. The topological polar surface area (TPSA) is 41.1 Å². The van der Waals surface area contributed by atoms with Crippen LogP contribution in [0.3, 0.4) is 0 Å². The summed E-state index contributed by atoms with van der Waals surface area (Å²) in [5.74, 6) is 0.316. The molecular formula is C19H23ClN2O. The number of benzene rings is 2. The molecule has 2 aromatic carbocycles. The second-order valence-electron chi connectivity index (χ2n) is 6.07. The number of anilines is 1. The smallest absolute Gasteiger partial charge is 0.238 e. The van der Waals surface area contributed by atoms with Crippen molar-refractivity contribution in [2.24, 2.45) is 5.92 Å². The molecule has 0 fully saturated rings. The highest BCUT2D eigenvalue weighted by Crippen LogP contribution is 2.23. The number of carbonyl (C=O) groups is 1. The van der Waals surface area contributed by atoms with Gasteiger partial charge in [0.15, 0.2) is 0 Å². The first-order valence-electron chi connectivity index (χ1n) is 7.81. The van der Waals surface area contributed by atoms with Crippen LogP contribution in [0, 0.1) is 12.8 Å². The zero-order valence-corrected chi connectivity index (χ0v) is 14.5. The molecule has 3 nitrogen and oxygen atoms in total. The molecule has 2 aromatic rings. The lowest BCUT2D eigenvalue weighted by atomic mass is 9.96. The molecule has 2 N–H and O–H groups in total. The van der Waals surface area contributed by atoms with Crippen LogP contribution in [-0.2, 0) is 4.79 Å². The van der Waals surface area contributed by atoms with Crippen LogP contribution in [-0.4, -0.2) is 12.5 Å². The summed E-state index contributed by atoms with van der Waals surface area (Å²) >= 11 is 5.94. The molecule has 0 aliphatic carbocycles. The highest BCUT2D eigenvalue weighted by Gasteiger charge is 2.16. The first-order valence-corrected chi connectivity index (χ1v) is 8.19. The van der Waals surface area contributed by atoms with E-state index in [1.807, 2.05) is 55.5 Å². The molecule has 1 atom stereocenters. The zero-order chi connectivity index (χ0) is 16.8. The molecule has 4 heteroatoms. The summed E-state index contributed by atoms with van der Waals surface area (Å²) in [4.78, 5) is 12.1. The van der Waals surface area contributed by atoms with E-state index in [9.17, 15) is 4.79 Å². The number of carbonyl (C=O) groups excluding carboxylic acids is 1. The Bertz CT molecular complexity index is 635. The molecule has 122 valence electrons. The molecule has 0 spiro atoms. The van der Waals surface area contributed by atoms with Crippen LogP contribution in [0.15, 0.2) is 48.5 Å². The van der Waals surface area contributed by atoms with Gasteiger partial charge in [-0.15, -0.1) is 0 Å². The minimum atomic E-state index is -0.0477. The fraction of sp³-hybridized carbons (Fsp3) is 0.316. The maximum Gasteiger partial charge on any atom is 0.238 e. The first-order chi connectivity index (χ1) is 11.0. The van der Waals surface area contributed by atoms with Gasteiger partial charge in [0.2, 0.25) is 5.91 Å². The summed E-state index contributed by atoms with van der Waals surface area (Å²) in [6.45, 7) is 6.54. The third kappa shape index (κ3) is 5.38.